The highest BCUT2D eigenvalue weighted by molar-refractivity contribution is 6.42. The molecule has 1 saturated heterocycles. The van der Waals surface area contributed by atoms with E-state index in [0.717, 1.165) is 11.1 Å². The Morgan fingerprint density at radius 3 is 2.53 bits per heavy atom. The molecule has 0 aromatic heterocycles. The summed E-state index contributed by atoms with van der Waals surface area (Å²) in [6.45, 7) is 0.567. The molecule has 1 aromatic carbocycles. The molecule has 0 saturated carbocycles. The van der Waals surface area contributed by atoms with E-state index in [2.05, 4.69) is 0 Å². The number of halogens is 2. The van der Waals surface area contributed by atoms with Gasteiger partial charge >= 0.3 is 0 Å². The first-order valence-electron chi connectivity index (χ1n) is 6.13. The SMILES string of the molecule is OCC(O)C1Cc2cc(Cl)c(Cl)cc2C12OCCO2. The fraction of sp³-hybridized carbons (Fsp3) is 0.538. The summed E-state index contributed by atoms with van der Waals surface area (Å²) in [4.78, 5) is 0. The fourth-order valence-corrected chi connectivity index (χ4v) is 3.32. The summed E-state index contributed by atoms with van der Waals surface area (Å²) >= 11 is 12.1. The summed E-state index contributed by atoms with van der Waals surface area (Å²) < 4.78 is 11.5. The van der Waals surface area contributed by atoms with Crippen molar-refractivity contribution >= 4 is 23.2 Å². The number of aliphatic hydroxyl groups is 2. The Morgan fingerprint density at radius 1 is 1.26 bits per heavy atom. The molecule has 1 fully saturated rings. The van der Waals surface area contributed by atoms with Gasteiger partial charge in [0.2, 0.25) is 5.79 Å². The van der Waals surface area contributed by atoms with E-state index in [1.165, 1.54) is 0 Å². The molecule has 0 radical (unpaired) electrons. The van der Waals surface area contributed by atoms with Gasteiger partial charge in [-0.25, -0.2) is 0 Å². The summed E-state index contributed by atoms with van der Waals surface area (Å²) in [5.74, 6) is -1.37. The van der Waals surface area contributed by atoms with Crippen LogP contribution in [0.5, 0.6) is 0 Å². The summed E-state index contributed by atoms with van der Waals surface area (Å²) in [7, 11) is 0. The second-order valence-electron chi connectivity index (χ2n) is 4.85. The van der Waals surface area contributed by atoms with Crippen LogP contribution in [0.15, 0.2) is 12.1 Å². The number of hydrogen-bond acceptors (Lipinski definition) is 4. The van der Waals surface area contributed by atoms with Gasteiger partial charge in [0.05, 0.1) is 36.0 Å². The normalized spacial score (nSPS) is 25.8. The van der Waals surface area contributed by atoms with Crippen LogP contribution in [0.3, 0.4) is 0 Å². The third-order valence-corrected chi connectivity index (χ3v) is 4.54. The molecule has 2 aliphatic rings. The maximum Gasteiger partial charge on any atom is 0.201 e. The van der Waals surface area contributed by atoms with Gasteiger partial charge in [0.15, 0.2) is 0 Å². The Balaban J connectivity index is 2.10. The minimum atomic E-state index is -1.01. The van der Waals surface area contributed by atoms with Gasteiger partial charge in [-0.1, -0.05) is 23.2 Å². The molecule has 1 heterocycles. The van der Waals surface area contributed by atoms with Crippen LogP contribution in [0, 0.1) is 5.92 Å². The molecule has 6 heteroatoms. The number of benzene rings is 1. The zero-order valence-electron chi connectivity index (χ0n) is 10.1. The zero-order chi connectivity index (χ0) is 13.6. The molecular formula is C13H14Cl2O4. The zero-order valence-corrected chi connectivity index (χ0v) is 11.6. The highest BCUT2D eigenvalue weighted by Crippen LogP contribution is 2.50. The van der Waals surface area contributed by atoms with Crippen LogP contribution in [0.2, 0.25) is 10.0 Å². The molecule has 2 unspecified atom stereocenters. The van der Waals surface area contributed by atoms with Crippen LogP contribution in [0.25, 0.3) is 0 Å². The van der Waals surface area contributed by atoms with E-state index in [0.29, 0.717) is 29.7 Å². The smallest absolute Gasteiger partial charge is 0.201 e. The van der Waals surface area contributed by atoms with Crippen molar-refractivity contribution in [2.45, 2.75) is 18.3 Å². The first-order chi connectivity index (χ1) is 9.08. The van der Waals surface area contributed by atoms with Crippen molar-refractivity contribution in [1.82, 2.24) is 0 Å². The Kier molecular flexibility index (Phi) is 3.50. The molecule has 3 rings (SSSR count). The number of fused-ring (bicyclic) bond motifs is 2. The highest BCUT2D eigenvalue weighted by Gasteiger charge is 2.54. The molecule has 0 bridgehead atoms. The van der Waals surface area contributed by atoms with Crippen LogP contribution in [-0.2, 0) is 21.7 Å². The number of rotatable bonds is 2. The molecule has 104 valence electrons. The first-order valence-corrected chi connectivity index (χ1v) is 6.89. The molecule has 1 aliphatic heterocycles. The fourth-order valence-electron chi connectivity index (χ4n) is 2.97. The topological polar surface area (TPSA) is 58.9 Å². The maximum atomic E-state index is 10.0. The van der Waals surface area contributed by atoms with Gasteiger partial charge in [-0.15, -0.1) is 0 Å². The Hall–Kier alpha value is -0.360. The van der Waals surface area contributed by atoms with Crippen molar-refractivity contribution in [1.29, 1.82) is 0 Å². The van der Waals surface area contributed by atoms with Crippen LogP contribution in [0.1, 0.15) is 11.1 Å². The van der Waals surface area contributed by atoms with E-state index in [-0.39, 0.29) is 12.5 Å². The van der Waals surface area contributed by atoms with E-state index in [1.807, 2.05) is 0 Å². The van der Waals surface area contributed by atoms with Crippen molar-refractivity contribution < 1.29 is 19.7 Å². The summed E-state index contributed by atoms with van der Waals surface area (Å²) in [6, 6.07) is 3.50. The van der Waals surface area contributed by atoms with Crippen LogP contribution in [0.4, 0.5) is 0 Å². The molecule has 1 spiro atoms. The minimum absolute atomic E-state index is 0.339. The summed E-state index contributed by atoms with van der Waals surface area (Å²) in [5, 5.41) is 20.1. The van der Waals surface area contributed by atoms with E-state index in [1.54, 1.807) is 12.1 Å². The molecule has 19 heavy (non-hydrogen) atoms. The van der Waals surface area contributed by atoms with Gasteiger partial charge in [-0.2, -0.15) is 0 Å². The minimum Gasteiger partial charge on any atom is -0.394 e. The van der Waals surface area contributed by atoms with Gasteiger partial charge in [0.25, 0.3) is 0 Å². The Morgan fingerprint density at radius 2 is 1.89 bits per heavy atom. The molecule has 2 N–H and O–H groups in total. The van der Waals surface area contributed by atoms with Crippen molar-refractivity contribution in [2.75, 3.05) is 19.8 Å². The van der Waals surface area contributed by atoms with Crippen LogP contribution >= 0.6 is 23.2 Å². The van der Waals surface area contributed by atoms with Crippen molar-refractivity contribution in [3.8, 4) is 0 Å². The van der Waals surface area contributed by atoms with Gasteiger partial charge < -0.3 is 19.7 Å². The Labute approximate surface area is 120 Å². The number of ether oxygens (including phenoxy) is 2. The van der Waals surface area contributed by atoms with Gasteiger partial charge in [-0.3, -0.25) is 0 Å². The van der Waals surface area contributed by atoms with E-state index < -0.39 is 11.9 Å². The lowest BCUT2D eigenvalue weighted by Crippen LogP contribution is -2.41. The van der Waals surface area contributed by atoms with Crippen molar-refractivity contribution in [2.24, 2.45) is 5.92 Å². The average molecular weight is 305 g/mol. The molecule has 2 atom stereocenters. The van der Waals surface area contributed by atoms with Crippen molar-refractivity contribution in [3.05, 3.63) is 33.3 Å². The standard InChI is InChI=1S/C13H14Cl2O4/c14-10-4-7-3-9(12(17)6-16)13(18-1-2-19-13)8(7)5-11(10)15/h4-5,9,12,16-17H,1-3,6H2. The third-order valence-electron chi connectivity index (χ3n) is 3.82. The monoisotopic (exact) mass is 304 g/mol. The van der Waals surface area contributed by atoms with Crippen LogP contribution < -0.4 is 0 Å². The highest BCUT2D eigenvalue weighted by atomic mass is 35.5. The Bertz CT molecular complexity index is 500. The number of hydrogen-bond donors (Lipinski definition) is 2. The first kappa shape index (κ1) is 13.6. The maximum absolute atomic E-state index is 10.0. The quantitative estimate of drug-likeness (QED) is 0.873. The van der Waals surface area contributed by atoms with Gasteiger partial charge in [-0.05, 0) is 24.1 Å². The third kappa shape index (κ3) is 1.98. The van der Waals surface area contributed by atoms with Crippen molar-refractivity contribution in [3.63, 3.8) is 0 Å². The second-order valence-corrected chi connectivity index (χ2v) is 5.66. The molecule has 0 amide bonds. The largest absolute Gasteiger partial charge is 0.394 e. The molecular weight excluding hydrogens is 291 g/mol. The number of aliphatic hydroxyl groups excluding tert-OH is 2. The van der Waals surface area contributed by atoms with E-state index in [4.69, 9.17) is 32.7 Å². The second kappa shape index (κ2) is 4.88. The summed E-state index contributed by atoms with van der Waals surface area (Å²) in [5.41, 5.74) is 1.74. The van der Waals surface area contributed by atoms with Gasteiger partial charge in [0, 0.05) is 11.5 Å². The van der Waals surface area contributed by atoms with Crippen LogP contribution in [-0.4, -0.2) is 36.1 Å². The van der Waals surface area contributed by atoms with E-state index in [9.17, 15) is 10.2 Å². The molecule has 1 aliphatic carbocycles. The van der Waals surface area contributed by atoms with Gasteiger partial charge in [0.1, 0.15) is 0 Å². The molecule has 4 nitrogen and oxygen atoms in total. The lowest BCUT2D eigenvalue weighted by Gasteiger charge is -2.32. The lowest BCUT2D eigenvalue weighted by atomic mass is 9.93. The lowest BCUT2D eigenvalue weighted by molar-refractivity contribution is -0.220. The predicted molar refractivity (Wildman–Crippen MR) is 70.3 cm³/mol. The molecule has 1 aromatic rings. The predicted octanol–water partition coefficient (Wildman–Crippen LogP) is 1.72. The van der Waals surface area contributed by atoms with E-state index >= 15 is 0 Å². The summed E-state index contributed by atoms with van der Waals surface area (Å²) in [6.07, 6.45) is -0.378. The average Bonchev–Trinajstić information content (AvgIpc) is 2.98.